The number of hydrogen-bond acceptors (Lipinski definition) is 6. The summed E-state index contributed by atoms with van der Waals surface area (Å²) in [6.45, 7) is 5.78. The van der Waals surface area contributed by atoms with Crippen LogP contribution in [0, 0.1) is 0 Å². The molecule has 38 heavy (non-hydrogen) atoms. The van der Waals surface area contributed by atoms with Gasteiger partial charge in [0.1, 0.15) is 9.22 Å². The fourth-order valence-corrected chi connectivity index (χ4v) is 9.07. The van der Waals surface area contributed by atoms with E-state index in [4.69, 9.17) is 4.98 Å². The maximum atomic E-state index is 13.6. The smallest absolute Gasteiger partial charge is 0.274 e. The van der Waals surface area contributed by atoms with Crippen LogP contribution in [-0.2, 0) is 16.6 Å². The minimum Gasteiger partial charge on any atom is -0.351 e. The Kier molecular flexibility index (Phi) is 6.86. The number of fused-ring (bicyclic) bond motifs is 1. The molecular formula is C29H30N4O2S3. The fourth-order valence-electron chi connectivity index (χ4n) is 5.40. The van der Waals surface area contributed by atoms with Crippen LogP contribution in [0.5, 0.6) is 0 Å². The molecule has 0 amide bonds. The molecule has 1 N–H and O–H groups in total. The lowest BCUT2D eigenvalue weighted by Crippen LogP contribution is -2.36. The Hall–Kier alpha value is -2.98. The molecule has 5 aromatic rings. The van der Waals surface area contributed by atoms with Crippen molar-refractivity contribution in [3.05, 3.63) is 88.7 Å². The zero-order valence-electron chi connectivity index (χ0n) is 21.4. The van der Waals surface area contributed by atoms with Crippen molar-refractivity contribution in [2.45, 2.75) is 49.5 Å². The molecule has 0 bridgehead atoms. The number of benzene rings is 2. The highest BCUT2D eigenvalue weighted by atomic mass is 32.2. The molecule has 1 saturated heterocycles. The first-order chi connectivity index (χ1) is 18.4. The van der Waals surface area contributed by atoms with Crippen LogP contribution in [0.1, 0.15) is 43.2 Å². The van der Waals surface area contributed by atoms with E-state index in [2.05, 4.69) is 46.3 Å². The number of anilines is 1. The second-order valence-corrected chi connectivity index (χ2v) is 14.0. The monoisotopic (exact) mass is 562 g/mol. The van der Waals surface area contributed by atoms with Crippen LogP contribution in [0.4, 0.5) is 5.69 Å². The predicted octanol–water partition coefficient (Wildman–Crippen LogP) is 7.29. The maximum Gasteiger partial charge on any atom is 0.274 e. The summed E-state index contributed by atoms with van der Waals surface area (Å²) in [5, 5.41) is 3.67. The summed E-state index contributed by atoms with van der Waals surface area (Å²) in [6, 6.07) is 22.3. The Morgan fingerprint density at radius 2 is 1.95 bits per heavy atom. The summed E-state index contributed by atoms with van der Waals surface area (Å²) in [7, 11) is -3.68. The van der Waals surface area contributed by atoms with Crippen molar-refractivity contribution in [3.63, 3.8) is 0 Å². The molecule has 1 atom stereocenters. The van der Waals surface area contributed by atoms with Gasteiger partial charge in [0.15, 0.2) is 0 Å². The number of thiazole rings is 1. The maximum absolute atomic E-state index is 13.6. The van der Waals surface area contributed by atoms with Gasteiger partial charge in [-0.05, 0) is 62.4 Å². The molecule has 196 valence electrons. The Morgan fingerprint density at radius 1 is 1.11 bits per heavy atom. The molecule has 1 fully saturated rings. The molecule has 0 spiro atoms. The Morgan fingerprint density at radius 3 is 2.71 bits per heavy atom. The van der Waals surface area contributed by atoms with Gasteiger partial charge in [0.25, 0.3) is 10.0 Å². The van der Waals surface area contributed by atoms with E-state index in [1.807, 2.05) is 38.2 Å². The first-order valence-corrected chi connectivity index (χ1v) is 16.0. The number of rotatable bonds is 8. The molecule has 1 unspecified atom stereocenters. The fraction of sp³-hybridized carbons (Fsp3) is 0.276. The number of thiophene rings is 1. The molecule has 9 heteroatoms. The van der Waals surface area contributed by atoms with Gasteiger partial charge in [0.2, 0.25) is 0 Å². The van der Waals surface area contributed by atoms with Crippen LogP contribution in [-0.4, -0.2) is 35.9 Å². The number of sulfonamides is 1. The van der Waals surface area contributed by atoms with Gasteiger partial charge < -0.3 is 4.98 Å². The number of H-pyrrole nitrogens is 1. The molecule has 6 rings (SSSR count). The van der Waals surface area contributed by atoms with Crippen molar-refractivity contribution in [2.75, 3.05) is 10.8 Å². The molecule has 0 aliphatic carbocycles. The van der Waals surface area contributed by atoms with Gasteiger partial charge in [-0.15, -0.1) is 22.7 Å². The molecule has 1 aliphatic rings. The van der Waals surface area contributed by atoms with E-state index in [1.54, 1.807) is 28.8 Å². The van der Waals surface area contributed by atoms with Crippen LogP contribution in [0.3, 0.4) is 0 Å². The number of nitrogens with zero attached hydrogens (tertiary/aromatic N) is 3. The Labute approximate surface area is 231 Å². The van der Waals surface area contributed by atoms with E-state index in [0.717, 1.165) is 34.7 Å². The number of aromatic nitrogens is 2. The van der Waals surface area contributed by atoms with Crippen molar-refractivity contribution in [1.29, 1.82) is 0 Å². The topological polar surface area (TPSA) is 69.3 Å². The number of likely N-dealkylation sites (tertiary alicyclic amines) is 1. The largest absolute Gasteiger partial charge is 0.351 e. The number of nitrogens with one attached hydrogen (secondary N) is 1. The summed E-state index contributed by atoms with van der Waals surface area (Å²) in [5.74, 6) is 0. The van der Waals surface area contributed by atoms with Crippen LogP contribution in [0.2, 0.25) is 0 Å². The zero-order chi connectivity index (χ0) is 26.3. The lowest BCUT2D eigenvalue weighted by Gasteiger charge is -2.28. The predicted molar refractivity (Wildman–Crippen MR) is 157 cm³/mol. The van der Waals surface area contributed by atoms with Gasteiger partial charge in [-0.1, -0.05) is 48.5 Å². The quantitative estimate of drug-likeness (QED) is 0.216. The standard InChI is InChI=1S/C29H30N4O2S3/c1-20(2)33(38(34,35)27-14-8-16-36-27)26-12-6-11-22-17-24(31-28(22)26)29-30-18-23(37-29)19-32-15-7-13-25(32)21-9-4-3-5-10-21/h3-6,8-12,14,16-18,20,25,31H,7,13,15,19H2,1-2H3. The average molecular weight is 563 g/mol. The molecule has 1 aliphatic heterocycles. The third-order valence-electron chi connectivity index (χ3n) is 7.04. The molecule has 4 heterocycles. The highest BCUT2D eigenvalue weighted by Crippen LogP contribution is 2.38. The third kappa shape index (κ3) is 4.68. The van der Waals surface area contributed by atoms with Crippen molar-refractivity contribution < 1.29 is 8.42 Å². The van der Waals surface area contributed by atoms with Crippen LogP contribution < -0.4 is 4.31 Å². The SMILES string of the molecule is CC(C)N(c1cccc2cc(-c3ncc(CN4CCCC4c4ccccc4)s3)[nH]c12)S(=O)(=O)c1cccs1. The summed E-state index contributed by atoms with van der Waals surface area (Å²) in [5.41, 5.74) is 3.74. The minimum atomic E-state index is -3.68. The first-order valence-electron chi connectivity index (χ1n) is 12.9. The molecule has 2 aromatic carbocycles. The molecular weight excluding hydrogens is 533 g/mol. The second-order valence-electron chi connectivity index (χ2n) is 9.92. The van der Waals surface area contributed by atoms with Gasteiger partial charge in [0, 0.05) is 35.1 Å². The second kappa shape index (κ2) is 10.3. The summed E-state index contributed by atoms with van der Waals surface area (Å²) in [4.78, 5) is 12.0. The summed E-state index contributed by atoms with van der Waals surface area (Å²) in [6.07, 6.45) is 4.37. The van der Waals surface area contributed by atoms with E-state index >= 15 is 0 Å². The van der Waals surface area contributed by atoms with E-state index in [0.29, 0.717) is 15.9 Å². The lowest BCUT2D eigenvalue weighted by molar-refractivity contribution is 0.250. The molecule has 3 aromatic heterocycles. The van der Waals surface area contributed by atoms with Crippen molar-refractivity contribution in [1.82, 2.24) is 14.9 Å². The first kappa shape index (κ1) is 25.3. The summed E-state index contributed by atoms with van der Waals surface area (Å²) < 4.78 is 29.0. The normalized spacial score (nSPS) is 16.6. The average Bonchev–Trinajstić information content (AvgIpc) is 3.71. The van der Waals surface area contributed by atoms with E-state index in [-0.39, 0.29) is 6.04 Å². The molecule has 6 nitrogen and oxygen atoms in total. The van der Waals surface area contributed by atoms with E-state index < -0.39 is 10.0 Å². The minimum absolute atomic E-state index is 0.246. The van der Waals surface area contributed by atoms with Gasteiger partial charge in [-0.25, -0.2) is 13.4 Å². The van der Waals surface area contributed by atoms with Crippen LogP contribution in [0.25, 0.3) is 21.6 Å². The van der Waals surface area contributed by atoms with Crippen molar-refractivity contribution in [2.24, 2.45) is 0 Å². The number of para-hydroxylation sites is 1. The van der Waals surface area contributed by atoms with Crippen LogP contribution >= 0.6 is 22.7 Å². The van der Waals surface area contributed by atoms with Crippen molar-refractivity contribution >= 4 is 49.3 Å². The third-order valence-corrected chi connectivity index (χ3v) is 11.4. The van der Waals surface area contributed by atoms with E-state index in [1.165, 1.54) is 38.9 Å². The van der Waals surface area contributed by atoms with E-state index in [9.17, 15) is 8.42 Å². The Balaban J connectivity index is 1.30. The molecule has 0 radical (unpaired) electrons. The van der Waals surface area contributed by atoms with Crippen molar-refractivity contribution in [3.8, 4) is 10.7 Å². The zero-order valence-corrected chi connectivity index (χ0v) is 23.8. The van der Waals surface area contributed by atoms with Gasteiger partial charge >= 0.3 is 0 Å². The Bertz CT molecular complexity index is 1640. The summed E-state index contributed by atoms with van der Waals surface area (Å²) >= 11 is 2.94. The van der Waals surface area contributed by atoms with Gasteiger partial charge in [-0.3, -0.25) is 9.21 Å². The highest BCUT2D eigenvalue weighted by Gasteiger charge is 2.30. The highest BCUT2D eigenvalue weighted by molar-refractivity contribution is 7.94. The number of aromatic amines is 1. The number of hydrogen-bond donors (Lipinski definition) is 1. The molecule has 0 saturated carbocycles. The van der Waals surface area contributed by atoms with Gasteiger partial charge in [0.05, 0.1) is 16.9 Å². The lowest BCUT2D eigenvalue weighted by atomic mass is 10.0. The van der Waals surface area contributed by atoms with Crippen LogP contribution in [0.15, 0.2) is 82.5 Å². The van der Waals surface area contributed by atoms with Gasteiger partial charge in [-0.2, -0.15) is 0 Å².